The molecule has 1 aliphatic rings. The second kappa shape index (κ2) is 6.98. The fourth-order valence-corrected chi connectivity index (χ4v) is 4.51. The van der Waals surface area contributed by atoms with Gasteiger partial charge in [-0.2, -0.15) is 4.72 Å². The topological polar surface area (TPSA) is 119 Å². The quantitative estimate of drug-likeness (QED) is 0.793. The summed E-state index contributed by atoms with van der Waals surface area (Å²) in [5.74, 6) is -0.0528. The Balaban J connectivity index is 2.14. The van der Waals surface area contributed by atoms with Crippen LogP contribution in [0.2, 0.25) is 0 Å². The average molecular weight is 344 g/mol. The van der Waals surface area contributed by atoms with Gasteiger partial charge < -0.3 is 15.2 Å². The average Bonchev–Trinajstić information content (AvgIpc) is 2.85. The van der Waals surface area contributed by atoms with E-state index < -0.39 is 16.1 Å². The Kier molecular flexibility index (Phi) is 5.43. The Labute approximate surface area is 136 Å². The number of sulfonamides is 1. The number of amides is 1. The number of carbonyl (C=O) groups is 1. The van der Waals surface area contributed by atoms with Gasteiger partial charge in [-0.05, 0) is 40.0 Å². The van der Waals surface area contributed by atoms with Crippen molar-refractivity contribution in [2.45, 2.75) is 57.0 Å². The summed E-state index contributed by atoms with van der Waals surface area (Å²) in [6.07, 6.45) is 2.79. The number of carbonyl (C=O) groups excluding carboxylic acids is 1. The number of hydrogen-bond donors (Lipinski definition) is 2. The lowest BCUT2D eigenvalue weighted by Gasteiger charge is -2.36. The zero-order chi connectivity index (χ0) is 17.2. The third-order valence-electron chi connectivity index (χ3n) is 4.12. The first kappa shape index (κ1) is 17.9. The smallest absolute Gasteiger partial charge is 0.246 e. The molecular formula is C14H24N4O4S. The molecule has 2 atom stereocenters. The van der Waals surface area contributed by atoms with E-state index in [0.717, 1.165) is 19.3 Å². The summed E-state index contributed by atoms with van der Waals surface area (Å²) < 4.78 is 32.3. The molecule has 2 heterocycles. The molecule has 2 unspecified atom stereocenters. The summed E-state index contributed by atoms with van der Waals surface area (Å²) in [6, 6.07) is -0.900. The maximum absolute atomic E-state index is 12.6. The second-order valence-electron chi connectivity index (χ2n) is 5.91. The predicted octanol–water partition coefficient (Wildman–Crippen LogP) is 0.298. The van der Waals surface area contributed by atoms with Crippen LogP contribution >= 0.6 is 0 Å². The maximum atomic E-state index is 12.6. The van der Waals surface area contributed by atoms with E-state index >= 15 is 0 Å². The Hall–Kier alpha value is -1.45. The normalized spacial score (nSPS) is 20.5. The summed E-state index contributed by atoms with van der Waals surface area (Å²) in [6.45, 7) is 5.61. The van der Waals surface area contributed by atoms with Gasteiger partial charge in [0.1, 0.15) is 10.6 Å². The van der Waals surface area contributed by atoms with E-state index in [1.54, 1.807) is 18.7 Å². The van der Waals surface area contributed by atoms with Gasteiger partial charge in [0, 0.05) is 19.1 Å². The molecule has 1 aromatic heterocycles. The minimum atomic E-state index is -3.87. The molecule has 0 radical (unpaired) electrons. The molecule has 0 spiro atoms. The van der Waals surface area contributed by atoms with Crippen molar-refractivity contribution < 1.29 is 17.7 Å². The lowest BCUT2D eigenvalue weighted by atomic mass is 10.0. The van der Waals surface area contributed by atoms with Crippen molar-refractivity contribution in [3.8, 4) is 0 Å². The van der Waals surface area contributed by atoms with Gasteiger partial charge in [-0.25, -0.2) is 8.42 Å². The number of likely N-dealkylation sites (tertiary alicyclic amines) is 1. The van der Waals surface area contributed by atoms with Crippen LogP contribution in [0.4, 0.5) is 0 Å². The summed E-state index contributed by atoms with van der Waals surface area (Å²) in [5, 5.41) is 3.64. The molecule has 1 fully saturated rings. The van der Waals surface area contributed by atoms with Gasteiger partial charge in [0.05, 0.1) is 6.04 Å². The van der Waals surface area contributed by atoms with Crippen LogP contribution < -0.4 is 10.5 Å². The molecule has 8 nitrogen and oxygen atoms in total. The highest BCUT2D eigenvalue weighted by Crippen LogP contribution is 2.20. The predicted molar refractivity (Wildman–Crippen MR) is 84.2 cm³/mol. The number of nitrogens with zero attached hydrogens (tertiary/aromatic N) is 2. The van der Waals surface area contributed by atoms with Gasteiger partial charge in [-0.1, -0.05) is 5.16 Å². The third kappa shape index (κ3) is 3.73. The Bertz CT molecular complexity index is 651. The van der Waals surface area contributed by atoms with Crippen LogP contribution in [0.5, 0.6) is 0 Å². The van der Waals surface area contributed by atoms with Crippen LogP contribution in [0, 0.1) is 13.8 Å². The molecule has 1 amide bonds. The molecule has 0 aliphatic carbocycles. The zero-order valence-corrected chi connectivity index (χ0v) is 14.5. The summed E-state index contributed by atoms with van der Waals surface area (Å²) in [4.78, 5) is 14.3. The Morgan fingerprint density at radius 2 is 2.17 bits per heavy atom. The second-order valence-corrected chi connectivity index (χ2v) is 7.56. The number of hydrogen-bond acceptors (Lipinski definition) is 6. The van der Waals surface area contributed by atoms with Crippen molar-refractivity contribution in [1.82, 2.24) is 14.8 Å². The molecule has 1 aliphatic heterocycles. The van der Waals surface area contributed by atoms with Crippen LogP contribution in [0.25, 0.3) is 0 Å². The highest BCUT2D eigenvalue weighted by Gasteiger charge is 2.33. The number of aryl methyl sites for hydroxylation is 2. The fourth-order valence-electron chi connectivity index (χ4n) is 2.98. The molecule has 130 valence electrons. The lowest BCUT2D eigenvalue weighted by molar-refractivity contribution is -0.136. The van der Waals surface area contributed by atoms with Crippen molar-refractivity contribution in [3.63, 3.8) is 0 Å². The van der Waals surface area contributed by atoms with Crippen molar-refractivity contribution in [2.24, 2.45) is 5.73 Å². The van der Waals surface area contributed by atoms with E-state index in [1.807, 2.05) is 0 Å². The van der Waals surface area contributed by atoms with Gasteiger partial charge in [-0.15, -0.1) is 0 Å². The van der Waals surface area contributed by atoms with E-state index in [4.69, 9.17) is 10.3 Å². The molecule has 1 saturated heterocycles. The first-order chi connectivity index (χ1) is 10.8. The van der Waals surface area contributed by atoms with E-state index in [1.165, 1.54) is 6.92 Å². The highest BCUT2D eigenvalue weighted by molar-refractivity contribution is 7.89. The summed E-state index contributed by atoms with van der Waals surface area (Å²) in [5.41, 5.74) is 5.99. The largest absolute Gasteiger partial charge is 0.360 e. The van der Waals surface area contributed by atoms with E-state index in [2.05, 4.69) is 9.88 Å². The first-order valence-corrected chi connectivity index (χ1v) is 9.22. The standard InChI is InChI=1S/C14H24N4O4S/c1-9-13(11(3)22-16-9)23(20,21)17-10(2)14(19)18-7-5-4-6-12(18)8-15/h10,12,17H,4-8,15H2,1-3H3. The highest BCUT2D eigenvalue weighted by atomic mass is 32.2. The molecule has 0 saturated carbocycles. The van der Waals surface area contributed by atoms with Gasteiger partial charge in [0.25, 0.3) is 0 Å². The Morgan fingerprint density at radius 3 is 2.74 bits per heavy atom. The van der Waals surface area contributed by atoms with Crippen LogP contribution in [0.15, 0.2) is 9.42 Å². The first-order valence-electron chi connectivity index (χ1n) is 7.73. The van der Waals surface area contributed by atoms with Gasteiger partial charge in [0.15, 0.2) is 5.76 Å². The molecule has 0 aromatic carbocycles. The minimum absolute atomic E-state index is 0.00818. The molecule has 0 bridgehead atoms. The van der Waals surface area contributed by atoms with Crippen LogP contribution in [0.1, 0.15) is 37.6 Å². The Morgan fingerprint density at radius 1 is 1.48 bits per heavy atom. The molecule has 23 heavy (non-hydrogen) atoms. The van der Waals surface area contributed by atoms with E-state index in [9.17, 15) is 13.2 Å². The van der Waals surface area contributed by atoms with Crippen molar-refractivity contribution in [1.29, 1.82) is 0 Å². The van der Waals surface area contributed by atoms with E-state index in [0.29, 0.717) is 13.1 Å². The van der Waals surface area contributed by atoms with Gasteiger partial charge in [0.2, 0.25) is 15.9 Å². The molecule has 1 aromatic rings. The van der Waals surface area contributed by atoms with Crippen LogP contribution in [-0.4, -0.2) is 49.6 Å². The number of rotatable bonds is 5. The molecule has 3 N–H and O–H groups in total. The van der Waals surface area contributed by atoms with Crippen molar-refractivity contribution in [2.75, 3.05) is 13.1 Å². The molecule has 9 heteroatoms. The SMILES string of the molecule is Cc1noc(C)c1S(=O)(=O)NC(C)C(=O)N1CCCCC1CN. The van der Waals surface area contributed by atoms with Crippen LogP contribution in [0.3, 0.4) is 0 Å². The van der Waals surface area contributed by atoms with Crippen LogP contribution in [-0.2, 0) is 14.8 Å². The third-order valence-corrected chi connectivity index (χ3v) is 5.91. The monoisotopic (exact) mass is 344 g/mol. The van der Waals surface area contributed by atoms with E-state index in [-0.39, 0.29) is 28.3 Å². The number of nitrogens with one attached hydrogen (secondary N) is 1. The van der Waals surface area contributed by atoms with Gasteiger partial charge in [-0.3, -0.25) is 4.79 Å². The minimum Gasteiger partial charge on any atom is -0.360 e. The van der Waals surface area contributed by atoms with Gasteiger partial charge >= 0.3 is 0 Å². The maximum Gasteiger partial charge on any atom is 0.246 e. The fraction of sp³-hybridized carbons (Fsp3) is 0.714. The lowest BCUT2D eigenvalue weighted by Crippen LogP contribution is -2.54. The number of aromatic nitrogens is 1. The number of nitrogens with two attached hydrogens (primary N) is 1. The number of piperidine rings is 1. The van der Waals surface area contributed by atoms with Crippen molar-refractivity contribution >= 4 is 15.9 Å². The summed E-state index contributed by atoms with van der Waals surface area (Å²) in [7, 11) is -3.87. The van der Waals surface area contributed by atoms with Crippen molar-refractivity contribution in [3.05, 3.63) is 11.5 Å². The molecular weight excluding hydrogens is 320 g/mol. The summed E-state index contributed by atoms with van der Waals surface area (Å²) >= 11 is 0. The molecule has 2 rings (SSSR count). The zero-order valence-electron chi connectivity index (χ0n) is 13.7.